The number of hydrogen-bond donors (Lipinski definition) is 0. The molecule has 1 aromatic heterocycles. The van der Waals surface area contributed by atoms with Crippen molar-refractivity contribution >= 4 is 46.8 Å². The minimum Gasteiger partial charge on any atom is -0.430 e. The highest BCUT2D eigenvalue weighted by atomic mass is 35.5. The molecule has 0 aliphatic carbocycles. The van der Waals surface area contributed by atoms with Crippen molar-refractivity contribution < 1.29 is 4.74 Å². The van der Waals surface area contributed by atoms with Crippen LogP contribution in [-0.2, 0) is 6.42 Å². The number of aromatic nitrogens is 2. The van der Waals surface area contributed by atoms with E-state index in [4.69, 9.17) is 27.9 Å². The lowest BCUT2D eigenvalue weighted by atomic mass is 10.1. The molecule has 0 unspecified atom stereocenters. The SMILES string of the molecule is CCN(C)C=Nc1cc(C)c(Oc2nc(Cc3ccc(Cl)cc3)ns2)cc1Cl. The van der Waals surface area contributed by atoms with Crippen molar-refractivity contribution in [1.29, 1.82) is 0 Å². The molecule has 0 spiro atoms. The Morgan fingerprint density at radius 2 is 1.96 bits per heavy atom. The summed E-state index contributed by atoms with van der Waals surface area (Å²) in [5, 5.41) is 1.71. The van der Waals surface area contributed by atoms with Crippen LogP contribution in [0.5, 0.6) is 10.9 Å². The van der Waals surface area contributed by atoms with Crippen molar-refractivity contribution in [3.8, 4) is 10.9 Å². The van der Waals surface area contributed by atoms with Crippen LogP contribution in [0, 0.1) is 6.92 Å². The van der Waals surface area contributed by atoms with Gasteiger partial charge in [-0.2, -0.15) is 9.36 Å². The van der Waals surface area contributed by atoms with Gasteiger partial charge in [-0.05, 0) is 43.2 Å². The van der Waals surface area contributed by atoms with Gasteiger partial charge in [-0.3, -0.25) is 0 Å². The fourth-order valence-corrected chi connectivity index (χ4v) is 3.22. The molecule has 28 heavy (non-hydrogen) atoms. The zero-order valence-electron chi connectivity index (χ0n) is 15.8. The van der Waals surface area contributed by atoms with E-state index >= 15 is 0 Å². The van der Waals surface area contributed by atoms with Gasteiger partial charge in [-0.1, -0.05) is 35.3 Å². The van der Waals surface area contributed by atoms with Gasteiger partial charge in [0, 0.05) is 42.6 Å². The Morgan fingerprint density at radius 1 is 1.21 bits per heavy atom. The van der Waals surface area contributed by atoms with Gasteiger partial charge in [-0.25, -0.2) is 4.99 Å². The van der Waals surface area contributed by atoms with E-state index < -0.39 is 0 Å². The fraction of sp³-hybridized carbons (Fsp3) is 0.250. The van der Waals surface area contributed by atoms with Gasteiger partial charge < -0.3 is 9.64 Å². The van der Waals surface area contributed by atoms with E-state index in [2.05, 4.69) is 21.3 Å². The van der Waals surface area contributed by atoms with Crippen LogP contribution in [0.3, 0.4) is 0 Å². The zero-order chi connectivity index (χ0) is 20.1. The van der Waals surface area contributed by atoms with Gasteiger partial charge in [0.05, 0.1) is 17.0 Å². The highest BCUT2D eigenvalue weighted by molar-refractivity contribution is 7.07. The van der Waals surface area contributed by atoms with E-state index in [0.29, 0.717) is 38.9 Å². The first-order chi connectivity index (χ1) is 13.4. The highest BCUT2D eigenvalue weighted by Crippen LogP contribution is 2.35. The number of rotatable bonds is 7. The Kier molecular flexibility index (Phi) is 6.88. The molecule has 2 aromatic carbocycles. The maximum Gasteiger partial charge on any atom is 0.298 e. The van der Waals surface area contributed by atoms with Crippen LogP contribution >= 0.6 is 34.7 Å². The Morgan fingerprint density at radius 3 is 2.68 bits per heavy atom. The van der Waals surface area contributed by atoms with Gasteiger partial charge >= 0.3 is 0 Å². The van der Waals surface area contributed by atoms with Crippen molar-refractivity contribution in [3.63, 3.8) is 0 Å². The molecular formula is C20H20Cl2N4OS. The lowest BCUT2D eigenvalue weighted by Gasteiger charge is -2.10. The molecule has 3 rings (SSSR count). The smallest absolute Gasteiger partial charge is 0.298 e. The molecule has 1 heterocycles. The van der Waals surface area contributed by atoms with Gasteiger partial charge in [0.1, 0.15) is 5.75 Å². The third-order valence-corrected chi connectivity index (χ3v) is 5.25. The second-order valence-electron chi connectivity index (χ2n) is 6.27. The van der Waals surface area contributed by atoms with Crippen LogP contribution in [-0.4, -0.2) is 34.2 Å². The Labute approximate surface area is 178 Å². The van der Waals surface area contributed by atoms with Crippen molar-refractivity contribution in [2.75, 3.05) is 13.6 Å². The Hall–Kier alpha value is -2.15. The van der Waals surface area contributed by atoms with Crippen LogP contribution < -0.4 is 4.74 Å². The molecule has 0 saturated carbocycles. The first-order valence-electron chi connectivity index (χ1n) is 8.74. The monoisotopic (exact) mass is 434 g/mol. The van der Waals surface area contributed by atoms with Crippen molar-refractivity contribution in [2.45, 2.75) is 20.3 Å². The molecule has 0 fully saturated rings. The highest BCUT2D eigenvalue weighted by Gasteiger charge is 2.11. The molecule has 146 valence electrons. The van der Waals surface area contributed by atoms with Crippen LogP contribution in [0.2, 0.25) is 10.0 Å². The van der Waals surface area contributed by atoms with Gasteiger partial charge in [0.25, 0.3) is 5.19 Å². The average Bonchev–Trinajstić information content (AvgIpc) is 3.11. The molecule has 3 aromatic rings. The number of hydrogen-bond acceptors (Lipinski definition) is 5. The van der Waals surface area contributed by atoms with E-state index in [9.17, 15) is 0 Å². The quantitative estimate of drug-likeness (QED) is 0.330. The summed E-state index contributed by atoms with van der Waals surface area (Å²) in [6, 6.07) is 11.3. The molecule has 0 radical (unpaired) electrons. The summed E-state index contributed by atoms with van der Waals surface area (Å²) in [7, 11) is 1.96. The minimum atomic E-state index is 0.477. The maximum atomic E-state index is 6.36. The molecule has 8 heteroatoms. The molecule has 5 nitrogen and oxygen atoms in total. The molecular weight excluding hydrogens is 415 g/mol. The Bertz CT molecular complexity index is 973. The summed E-state index contributed by atoms with van der Waals surface area (Å²) < 4.78 is 10.3. The summed E-state index contributed by atoms with van der Waals surface area (Å²) in [4.78, 5) is 10.9. The van der Waals surface area contributed by atoms with Crippen LogP contribution in [0.15, 0.2) is 41.4 Å². The van der Waals surface area contributed by atoms with E-state index in [-0.39, 0.29) is 0 Å². The second-order valence-corrected chi connectivity index (χ2v) is 7.83. The Balaban J connectivity index is 1.71. The average molecular weight is 435 g/mol. The summed E-state index contributed by atoms with van der Waals surface area (Å²) >= 11 is 13.5. The van der Waals surface area contributed by atoms with E-state index in [1.54, 1.807) is 12.4 Å². The lowest BCUT2D eigenvalue weighted by molar-refractivity contribution is 0.474. The van der Waals surface area contributed by atoms with E-state index in [0.717, 1.165) is 17.7 Å². The second kappa shape index (κ2) is 9.37. The predicted octanol–water partition coefficient (Wildman–Crippen LogP) is 6.15. The maximum absolute atomic E-state index is 6.36. The van der Waals surface area contributed by atoms with E-state index in [1.165, 1.54) is 11.5 Å². The van der Waals surface area contributed by atoms with Crippen LogP contribution in [0.4, 0.5) is 5.69 Å². The third-order valence-electron chi connectivity index (χ3n) is 4.06. The lowest BCUT2D eigenvalue weighted by Crippen LogP contribution is -2.14. The number of nitrogens with zero attached hydrogens (tertiary/aromatic N) is 4. The minimum absolute atomic E-state index is 0.477. The van der Waals surface area contributed by atoms with Gasteiger partial charge in [0.15, 0.2) is 5.82 Å². The first kappa shape index (κ1) is 20.6. The molecule has 0 bridgehead atoms. The summed E-state index contributed by atoms with van der Waals surface area (Å²) in [6.45, 7) is 4.87. The molecule has 0 aliphatic rings. The van der Waals surface area contributed by atoms with Crippen LogP contribution in [0.1, 0.15) is 23.9 Å². The fourth-order valence-electron chi connectivity index (χ4n) is 2.33. The standard InChI is InChI=1S/C20H20Cl2N4OS/c1-4-26(3)12-23-17-9-13(2)18(11-16(17)22)27-20-24-19(25-28-20)10-14-5-7-15(21)8-6-14/h5-9,11-12H,4,10H2,1-3H3. The predicted molar refractivity (Wildman–Crippen MR) is 117 cm³/mol. The first-order valence-corrected chi connectivity index (χ1v) is 10.3. The number of ether oxygens (including phenoxy) is 1. The van der Waals surface area contributed by atoms with Crippen molar-refractivity contribution in [3.05, 3.63) is 63.4 Å². The molecule has 0 amide bonds. The largest absolute Gasteiger partial charge is 0.430 e. The number of aryl methyl sites for hydroxylation is 1. The van der Waals surface area contributed by atoms with E-state index in [1.807, 2.05) is 49.2 Å². The summed E-state index contributed by atoms with van der Waals surface area (Å²) in [5.74, 6) is 1.34. The number of benzene rings is 2. The molecule has 0 N–H and O–H groups in total. The van der Waals surface area contributed by atoms with Crippen LogP contribution in [0.25, 0.3) is 0 Å². The summed E-state index contributed by atoms with van der Waals surface area (Å²) in [5.41, 5.74) is 2.71. The third kappa shape index (κ3) is 5.44. The molecule has 0 atom stereocenters. The molecule has 0 aliphatic heterocycles. The summed E-state index contributed by atoms with van der Waals surface area (Å²) in [6.07, 6.45) is 2.38. The normalized spacial score (nSPS) is 11.2. The van der Waals surface area contributed by atoms with Gasteiger partial charge in [-0.15, -0.1) is 0 Å². The zero-order valence-corrected chi connectivity index (χ0v) is 18.1. The van der Waals surface area contributed by atoms with Crippen molar-refractivity contribution in [2.24, 2.45) is 4.99 Å². The topological polar surface area (TPSA) is 50.6 Å². The number of aliphatic imine (C=N–C) groups is 1. The molecule has 0 saturated heterocycles. The number of halogens is 2. The van der Waals surface area contributed by atoms with Crippen molar-refractivity contribution in [1.82, 2.24) is 14.3 Å². The van der Waals surface area contributed by atoms with Gasteiger partial charge in [0.2, 0.25) is 0 Å².